The van der Waals surface area contributed by atoms with E-state index in [-0.39, 0.29) is 0 Å². The number of pyridine rings is 1. The van der Waals surface area contributed by atoms with Crippen LogP contribution in [0.1, 0.15) is 18.9 Å². The van der Waals surface area contributed by atoms with E-state index in [1.54, 1.807) is 0 Å². The molecular formula is C16H21N3S. The monoisotopic (exact) mass is 287 g/mol. The van der Waals surface area contributed by atoms with Gasteiger partial charge in [0.2, 0.25) is 0 Å². The van der Waals surface area contributed by atoms with Gasteiger partial charge in [-0.2, -0.15) is 11.8 Å². The first kappa shape index (κ1) is 13.7. The van der Waals surface area contributed by atoms with Crippen LogP contribution in [-0.4, -0.2) is 34.0 Å². The van der Waals surface area contributed by atoms with Crippen molar-refractivity contribution in [1.82, 2.24) is 9.88 Å². The molecule has 0 spiro atoms. The number of hydrogen-bond acceptors (Lipinski definition) is 4. The third-order valence-electron chi connectivity index (χ3n) is 3.96. The number of benzene rings is 1. The van der Waals surface area contributed by atoms with Gasteiger partial charge in [0, 0.05) is 47.9 Å². The van der Waals surface area contributed by atoms with Crippen molar-refractivity contribution >= 4 is 28.4 Å². The Bertz CT molecular complexity index is 599. The molecule has 4 heteroatoms. The average Bonchev–Trinajstić information content (AvgIpc) is 2.51. The highest BCUT2D eigenvalue weighted by Crippen LogP contribution is 2.26. The summed E-state index contributed by atoms with van der Waals surface area (Å²) in [6.07, 6.45) is 3.11. The quantitative estimate of drug-likeness (QED) is 0.881. The zero-order valence-electron chi connectivity index (χ0n) is 11.9. The van der Waals surface area contributed by atoms with E-state index in [0.717, 1.165) is 28.4 Å². The molecule has 2 N–H and O–H groups in total. The SMILES string of the molecule is CCC1CN(Cc2ccc(N)c3cccnc23)CCS1. The fourth-order valence-corrected chi connectivity index (χ4v) is 4.04. The topological polar surface area (TPSA) is 42.1 Å². The maximum Gasteiger partial charge on any atom is 0.0767 e. The molecule has 0 bridgehead atoms. The lowest BCUT2D eigenvalue weighted by molar-refractivity contribution is 0.274. The number of anilines is 1. The number of aromatic nitrogens is 1. The van der Waals surface area contributed by atoms with Crippen LogP contribution in [0.3, 0.4) is 0 Å². The van der Waals surface area contributed by atoms with Gasteiger partial charge in [0.25, 0.3) is 0 Å². The second kappa shape index (κ2) is 6.02. The van der Waals surface area contributed by atoms with Crippen LogP contribution in [0.2, 0.25) is 0 Å². The summed E-state index contributed by atoms with van der Waals surface area (Å²) in [4.78, 5) is 7.08. The van der Waals surface area contributed by atoms with Gasteiger partial charge in [-0.1, -0.05) is 13.0 Å². The van der Waals surface area contributed by atoms with Crippen LogP contribution in [0.25, 0.3) is 10.9 Å². The number of thioether (sulfide) groups is 1. The summed E-state index contributed by atoms with van der Waals surface area (Å²) in [5.74, 6) is 1.23. The molecule has 1 atom stereocenters. The number of nitrogens with zero attached hydrogens (tertiary/aromatic N) is 2. The minimum absolute atomic E-state index is 0.775. The van der Waals surface area contributed by atoms with E-state index in [1.165, 1.54) is 30.8 Å². The van der Waals surface area contributed by atoms with Crippen molar-refractivity contribution < 1.29 is 0 Å². The van der Waals surface area contributed by atoms with Crippen molar-refractivity contribution in [2.75, 3.05) is 24.6 Å². The largest absolute Gasteiger partial charge is 0.398 e. The Morgan fingerprint density at radius 3 is 3.15 bits per heavy atom. The van der Waals surface area contributed by atoms with Crippen LogP contribution in [-0.2, 0) is 6.54 Å². The van der Waals surface area contributed by atoms with Crippen molar-refractivity contribution in [3.63, 3.8) is 0 Å². The molecule has 2 aromatic rings. The van der Waals surface area contributed by atoms with Gasteiger partial charge in [-0.15, -0.1) is 0 Å². The Kier molecular flexibility index (Phi) is 4.13. The van der Waals surface area contributed by atoms with E-state index in [2.05, 4.69) is 40.7 Å². The van der Waals surface area contributed by atoms with Gasteiger partial charge in [-0.25, -0.2) is 0 Å². The van der Waals surface area contributed by atoms with E-state index < -0.39 is 0 Å². The number of rotatable bonds is 3. The molecule has 1 aliphatic rings. The van der Waals surface area contributed by atoms with Gasteiger partial charge >= 0.3 is 0 Å². The van der Waals surface area contributed by atoms with E-state index in [1.807, 2.05) is 18.3 Å². The molecule has 20 heavy (non-hydrogen) atoms. The zero-order chi connectivity index (χ0) is 13.9. The first-order valence-corrected chi connectivity index (χ1v) is 8.29. The lowest BCUT2D eigenvalue weighted by Crippen LogP contribution is -2.37. The molecule has 0 saturated carbocycles. The Hall–Kier alpha value is -1.26. The second-order valence-corrected chi connectivity index (χ2v) is 6.76. The maximum absolute atomic E-state index is 6.04. The minimum atomic E-state index is 0.775. The summed E-state index contributed by atoms with van der Waals surface area (Å²) in [7, 11) is 0. The molecule has 2 heterocycles. The van der Waals surface area contributed by atoms with Crippen LogP contribution < -0.4 is 5.73 Å². The van der Waals surface area contributed by atoms with Crippen LogP contribution in [0.4, 0.5) is 5.69 Å². The predicted molar refractivity (Wildman–Crippen MR) is 88.0 cm³/mol. The lowest BCUT2D eigenvalue weighted by Gasteiger charge is -2.32. The van der Waals surface area contributed by atoms with Crippen molar-refractivity contribution in [3.8, 4) is 0 Å². The average molecular weight is 287 g/mol. The number of nitrogens with two attached hydrogens (primary N) is 1. The summed E-state index contributed by atoms with van der Waals surface area (Å²) in [6.45, 7) is 5.60. The van der Waals surface area contributed by atoms with Crippen molar-refractivity contribution in [2.45, 2.75) is 25.1 Å². The summed E-state index contributed by atoms with van der Waals surface area (Å²) >= 11 is 2.11. The molecule has 1 aromatic heterocycles. The predicted octanol–water partition coefficient (Wildman–Crippen LogP) is 3.14. The smallest absolute Gasteiger partial charge is 0.0767 e. The van der Waals surface area contributed by atoms with E-state index in [0.29, 0.717) is 0 Å². The Labute approximate surface area is 124 Å². The third-order valence-corrected chi connectivity index (χ3v) is 5.33. The van der Waals surface area contributed by atoms with Gasteiger partial charge in [0.1, 0.15) is 0 Å². The molecule has 0 radical (unpaired) electrons. The van der Waals surface area contributed by atoms with Crippen molar-refractivity contribution in [3.05, 3.63) is 36.0 Å². The first-order chi connectivity index (χ1) is 9.78. The molecule has 3 rings (SSSR count). The van der Waals surface area contributed by atoms with Gasteiger partial charge in [-0.3, -0.25) is 9.88 Å². The Balaban J connectivity index is 1.86. The van der Waals surface area contributed by atoms with Crippen LogP contribution in [0, 0.1) is 0 Å². The molecule has 1 aliphatic heterocycles. The molecule has 3 nitrogen and oxygen atoms in total. The fraction of sp³-hybridized carbons (Fsp3) is 0.438. The molecule has 1 fully saturated rings. The van der Waals surface area contributed by atoms with Crippen LogP contribution in [0.5, 0.6) is 0 Å². The lowest BCUT2D eigenvalue weighted by atomic mass is 10.1. The molecule has 0 amide bonds. The highest BCUT2D eigenvalue weighted by molar-refractivity contribution is 8.00. The normalized spacial score (nSPS) is 20.4. The maximum atomic E-state index is 6.04. The molecule has 1 unspecified atom stereocenters. The highest BCUT2D eigenvalue weighted by atomic mass is 32.2. The summed E-state index contributed by atoms with van der Waals surface area (Å²) < 4.78 is 0. The van der Waals surface area contributed by atoms with Gasteiger partial charge in [0.15, 0.2) is 0 Å². The first-order valence-electron chi connectivity index (χ1n) is 7.24. The number of fused-ring (bicyclic) bond motifs is 1. The van der Waals surface area contributed by atoms with Crippen molar-refractivity contribution in [1.29, 1.82) is 0 Å². The third kappa shape index (κ3) is 2.76. The molecule has 1 saturated heterocycles. The number of nitrogen functional groups attached to an aromatic ring is 1. The fourth-order valence-electron chi connectivity index (χ4n) is 2.79. The molecular weight excluding hydrogens is 266 g/mol. The Morgan fingerprint density at radius 1 is 1.40 bits per heavy atom. The van der Waals surface area contributed by atoms with Crippen LogP contribution in [0.15, 0.2) is 30.5 Å². The summed E-state index contributed by atoms with van der Waals surface area (Å²) in [5, 5.41) is 1.85. The molecule has 0 aliphatic carbocycles. The summed E-state index contributed by atoms with van der Waals surface area (Å²) in [6, 6.07) is 8.15. The van der Waals surface area contributed by atoms with E-state index >= 15 is 0 Å². The van der Waals surface area contributed by atoms with Gasteiger partial charge in [0.05, 0.1) is 5.52 Å². The minimum Gasteiger partial charge on any atom is -0.398 e. The Morgan fingerprint density at radius 2 is 2.30 bits per heavy atom. The van der Waals surface area contributed by atoms with Crippen molar-refractivity contribution in [2.24, 2.45) is 0 Å². The van der Waals surface area contributed by atoms with Crippen LogP contribution >= 0.6 is 11.8 Å². The summed E-state index contributed by atoms with van der Waals surface area (Å²) in [5.41, 5.74) is 9.20. The zero-order valence-corrected chi connectivity index (χ0v) is 12.7. The van der Waals surface area contributed by atoms with E-state index in [4.69, 9.17) is 5.73 Å². The second-order valence-electron chi connectivity index (χ2n) is 5.35. The molecule has 106 valence electrons. The van der Waals surface area contributed by atoms with Gasteiger partial charge < -0.3 is 5.73 Å². The standard InChI is InChI=1S/C16H21N3S/c1-2-13-11-19(8-9-20-13)10-12-5-6-15(17)14-4-3-7-18-16(12)14/h3-7,13H,2,8-11,17H2,1H3. The highest BCUT2D eigenvalue weighted by Gasteiger charge is 2.19. The number of hydrogen-bond donors (Lipinski definition) is 1. The van der Waals surface area contributed by atoms with E-state index in [9.17, 15) is 0 Å². The van der Waals surface area contributed by atoms with Gasteiger partial charge in [-0.05, 0) is 30.2 Å². The molecule has 1 aromatic carbocycles.